The summed E-state index contributed by atoms with van der Waals surface area (Å²) in [5.41, 5.74) is 1.87. The Kier molecular flexibility index (Phi) is 3.04. The highest BCUT2D eigenvalue weighted by molar-refractivity contribution is 5.81. The van der Waals surface area contributed by atoms with Crippen LogP contribution in [0.15, 0.2) is 24.3 Å². The fourth-order valence-electron chi connectivity index (χ4n) is 1.77. The zero-order chi connectivity index (χ0) is 11.5. The van der Waals surface area contributed by atoms with E-state index in [2.05, 4.69) is 23.3 Å². The molecule has 0 aliphatic heterocycles. The van der Waals surface area contributed by atoms with Crippen molar-refractivity contribution in [1.29, 1.82) is 0 Å². The normalized spacial score (nSPS) is 10.7. The fourth-order valence-corrected chi connectivity index (χ4v) is 1.77. The number of anilines is 1. The predicted molar refractivity (Wildman–Crippen MR) is 65.2 cm³/mol. The van der Waals surface area contributed by atoms with Gasteiger partial charge in [-0.15, -0.1) is 0 Å². The summed E-state index contributed by atoms with van der Waals surface area (Å²) >= 11 is 0. The Morgan fingerprint density at radius 1 is 1.25 bits per heavy atom. The zero-order valence-corrected chi connectivity index (χ0v) is 9.55. The molecule has 0 saturated heterocycles. The monoisotopic (exact) mass is 218 g/mol. The molecule has 0 bridgehead atoms. The molecule has 0 aliphatic rings. The van der Waals surface area contributed by atoms with Crippen LogP contribution in [0.2, 0.25) is 0 Å². The van der Waals surface area contributed by atoms with E-state index in [-0.39, 0.29) is 5.82 Å². The molecule has 84 valence electrons. The predicted octanol–water partition coefficient (Wildman–Crippen LogP) is 3.37. The van der Waals surface area contributed by atoms with Crippen LogP contribution in [0.4, 0.5) is 10.2 Å². The van der Waals surface area contributed by atoms with Crippen molar-refractivity contribution in [1.82, 2.24) is 4.98 Å². The number of nitrogens with one attached hydrogen (secondary N) is 1. The lowest BCUT2D eigenvalue weighted by atomic mass is 10.1. The number of hydrogen-bond acceptors (Lipinski definition) is 2. The molecule has 0 radical (unpaired) electrons. The van der Waals surface area contributed by atoms with Crippen molar-refractivity contribution in [2.24, 2.45) is 0 Å². The molecule has 3 heteroatoms. The molecular weight excluding hydrogens is 203 g/mol. The van der Waals surface area contributed by atoms with Gasteiger partial charge in [0.1, 0.15) is 11.6 Å². The van der Waals surface area contributed by atoms with Gasteiger partial charge >= 0.3 is 0 Å². The molecule has 1 heterocycles. The van der Waals surface area contributed by atoms with Gasteiger partial charge in [0, 0.05) is 18.0 Å². The molecule has 1 aromatic heterocycles. The van der Waals surface area contributed by atoms with Crippen LogP contribution in [0, 0.1) is 5.82 Å². The molecule has 0 atom stereocenters. The van der Waals surface area contributed by atoms with Crippen LogP contribution in [0.1, 0.15) is 19.4 Å². The van der Waals surface area contributed by atoms with Crippen LogP contribution in [0.25, 0.3) is 10.9 Å². The maximum atomic E-state index is 13.1. The molecule has 0 amide bonds. The van der Waals surface area contributed by atoms with Crippen LogP contribution >= 0.6 is 0 Å². The second kappa shape index (κ2) is 4.47. The van der Waals surface area contributed by atoms with Crippen molar-refractivity contribution in [2.45, 2.75) is 20.3 Å². The minimum Gasteiger partial charge on any atom is -0.370 e. The average Bonchev–Trinajstić information content (AvgIpc) is 2.28. The number of benzene rings is 1. The number of nitrogens with zero attached hydrogens (tertiary/aromatic N) is 1. The van der Waals surface area contributed by atoms with Gasteiger partial charge in [0.2, 0.25) is 0 Å². The van der Waals surface area contributed by atoms with E-state index >= 15 is 0 Å². The van der Waals surface area contributed by atoms with Crippen molar-refractivity contribution in [2.75, 3.05) is 11.9 Å². The number of hydrogen-bond donors (Lipinski definition) is 1. The Balaban J connectivity index is 2.60. The van der Waals surface area contributed by atoms with Gasteiger partial charge in [0.05, 0.1) is 5.52 Å². The molecule has 0 unspecified atom stereocenters. The van der Waals surface area contributed by atoms with Gasteiger partial charge in [0.25, 0.3) is 0 Å². The second-order valence-electron chi connectivity index (χ2n) is 3.72. The standard InChI is InChI=1S/C13H15FN2/c1-3-9-7-10-5-6-11(14)8-12(10)16-13(9)15-4-2/h5-8H,3-4H2,1-2H3,(H,15,16). The van der Waals surface area contributed by atoms with E-state index in [1.807, 2.05) is 6.92 Å². The van der Waals surface area contributed by atoms with Gasteiger partial charge in [-0.3, -0.25) is 0 Å². The first-order valence-corrected chi connectivity index (χ1v) is 5.57. The molecule has 1 aromatic carbocycles. The van der Waals surface area contributed by atoms with Crippen LogP contribution < -0.4 is 5.32 Å². The summed E-state index contributed by atoms with van der Waals surface area (Å²) in [5, 5.41) is 4.19. The van der Waals surface area contributed by atoms with Gasteiger partial charge in [-0.2, -0.15) is 0 Å². The smallest absolute Gasteiger partial charge is 0.129 e. The first kappa shape index (κ1) is 10.9. The number of pyridine rings is 1. The minimum atomic E-state index is -0.244. The third-order valence-corrected chi connectivity index (χ3v) is 2.58. The largest absolute Gasteiger partial charge is 0.370 e. The molecule has 0 saturated carbocycles. The molecule has 2 aromatic rings. The highest BCUT2D eigenvalue weighted by atomic mass is 19.1. The summed E-state index contributed by atoms with van der Waals surface area (Å²) in [6.07, 6.45) is 0.919. The van der Waals surface area contributed by atoms with Gasteiger partial charge < -0.3 is 5.32 Å². The molecular formula is C13H15FN2. The number of aryl methyl sites for hydroxylation is 1. The molecule has 1 N–H and O–H groups in total. The minimum absolute atomic E-state index is 0.244. The Morgan fingerprint density at radius 2 is 2.06 bits per heavy atom. The molecule has 0 spiro atoms. The van der Waals surface area contributed by atoms with E-state index < -0.39 is 0 Å². The first-order chi connectivity index (χ1) is 7.74. The van der Waals surface area contributed by atoms with E-state index in [9.17, 15) is 4.39 Å². The molecule has 2 rings (SSSR count). The lowest BCUT2D eigenvalue weighted by molar-refractivity contribution is 0.629. The summed E-state index contributed by atoms with van der Waals surface area (Å²) in [6, 6.07) is 6.78. The number of rotatable bonds is 3. The molecule has 0 fully saturated rings. The van der Waals surface area contributed by atoms with Gasteiger partial charge in [-0.1, -0.05) is 6.92 Å². The fraction of sp³-hybridized carbons (Fsp3) is 0.308. The lowest BCUT2D eigenvalue weighted by Gasteiger charge is -2.09. The summed E-state index contributed by atoms with van der Waals surface area (Å²) in [5.74, 6) is 0.620. The molecule has 2 nitrogen and oxygen atoms in total. The third-order valence-electron chi connectivity index (χ3n) is 2.58. The van der Waals surface area contributed by atoms with E-state index in [1.54, 1.807) is 6.07 Å². The van der Waals surface area contributed by atoms with Gasteiger partial charge in [-0.25, -0.2) is 9.37 Å². The van der Waals surface area contributed by atoms with E-state index in [1.165, 1.54) is 17.7 Å². The van der Waals surface area contributed by atoms with Crippen LogP contribution in [0.5, 0.6) is 0 Å². The van der Waals surface area contributed by atoms with Crippen molar-refractivity contribution in [3.63, 3.8) is 0 Å². The van der Waals surface area contributed by atoms with Crippen LogP contribution in [-0.2, 0) is 6.42 Å². The van der Waals surface area contributed by atoms with Crippen molar-refractivity contribution >= 4 is 16.7 Å². The first-order valence-electron chi connectivity index (χ1n) is 5.57. The van der Waals surface area contributed by atoms with E-state index in [0.29, 0.717) is 5.52 Å². The Labute approximate surface area is 94.5 Å². The van der Waals surface area contributed by atoms with Crippen molar-refractivity contribution in [3.8, 4) is 0 Å². The topological polar surface area (TPSA) is 24.9 Å². The average molecular weight is 218 g/mol. The number of halogens is 1. The Hall–Kier alpha value is -1.64. The van der Waals surface area contributed by atoms with Crippen LogP contribution in [-0.4, -0.2) is 11.5 Å². The highest BCUT2D eigenvalue weighted by Crippen LogP contribution is 2.21. The van der Waals surface area contributed by atoms with E-state index in [0.717, 1.165) is 24.2 Å². The van der Waals surface area contributed by atoms with Crippen molar-refractivity contribution < 1.29 is 4.39 Å². The maximum absolute atomic E-state index is 13.1. The van der Waals surface area contributed by atoms with E-state index in [4.69, 9.17) is 0 Å². The number of fused-ring (bicyclic) bond motifs is 1. The molecule has 0 aliphatic carbocycles. The van der Waals surface area contributed by atoms with Crippen LogP contribution in [0.3, 0.4) is 0 Å². The van der Waals surface area contributed by atoms with Crippen molar-refractivity contribution in [3.05, 3.63) is 35.6 Å². The molecule has 16 heavy (non-hydrogen) atoms. The lowest BCUT2D eigenvalue weighted by Crippen LogP contribution is -2.03. The second-order valence-corrected chi connectivity index (χ2v) is 3.72. The maximum Gasteiger partial charge on any atom is 0.129 e. The highest BCUT2D eigenvalue weighted by Gasteiger charge is 2.05. The number of aromatic nitrogens is 1. The summed E-state index contributed by atoms with van der Waals surface area (Å²) in [4.78, 5) is 4.45. The summed E-state index contributed by atoms with van der Waals surface area (Å²) in [7, 11) is 0. The summed E-state index contributed by atoms with van der Waals surface area (Å²) in [6.45, 7) is 4.94. The Morgan fingerprint density at radius 3 is 2.75 bits per heavy atom. The van der Waals surface area contributed by atoms with Gasteiger partial charge in [-0.05, 0) is 37.1 Å². The summed E-state index contributed by atoms with van der Waals surface area (Å²) < 4.78 is 13.1. The van der Waals surface area contributed by atoms with Gasteiger partial charge in [0.15, 0.2) is 0 Å². The third kappa shape index (κ3) is 1.98. The Bertz CT molecular complexity index is 509. The SMILES string of the molecule is CCNc1nc2cc(F)ccc2cc1CC. The zero-order valence-electron chi connectivity index (χ0n) is 9.55. The quantitative estimate of drug-likeness (QED) is 0.854.